The van der Waals surface area contributed by atoms with Crippen LogP contribution >= 0.6 is 11.8 Å². The summed E-state index contributed by atoms with van der Waals surface area (Å²) in [6.45, 7) is 0.156. The van der Waals surface area contributed by atoms with Crippen molar-refractivity contribution in [1.82, 2.24) is 0 Å². The molecule has 0 spiro atoms. The van der Waals surface area contributed by atoms with E-state index in [1.807, 2.05) is 42.5 Å². The van der Waals surface area contributed by atoms with Crippen molar-refractivity contribution >= 4 is 30.2 Å². The second kappa shape index (κ2) is 7.25. The second-order valence-corrected chi connectivity index (χ2v) is 4.89. The van der Waals surface area contributed by atoms with Crippen LogP contribution in [0.4, 0.5) is 0 Å². The van der Waals surface area contributed by atoms with E-state index in [-0.39, 0.29) is 12.3 Å². The predicted octanol–water partition coefficient (Wildman–Crippen LogP) is 3.18. The van der Waals surface area contributed by atoms with E-state index in [2.05, 4.69) is 9.99 Å². The lowest BCUT2D eigenvalue weighted by atomic mass is 10.1. The fourth-order valence-corrected chi connectivity index (χ4v) is 2.33. The van der Waals surface area contributed by atoms with Gasteiger partial charge in [-0.05, 0) is 36.4 Å². The van der Waals surface area contributed by atoms with Crippen LogP contribution in [0.1, 0.15) is 10.4 Å². The minimum atomic E-state index is -0.317. The van der Waals surface area contributed by atoms with Gasteiger partial charge in [-0.3, -0.25) is 9.59 Å². The van der Waals surface area contributed by atoms with Crippen LogP contribution in [0, 0.1) is 0 Å². The standard InChI is InChI=1S/C15H11NO3S/c17-11-19-16-10-15(18)12-6-8-14(9-7-12)20-13-4-2-1-3-5-13/h1-11H. The summed E-state index contributed by atoms with van der Waals surface area (Å²) in [6, 6.07) is 17.1. The number of hydrogen-bond donors (Lipinski definition) is 0. The Hall–Kier alpha value is -2.40. The predicted molar refractivity (Wildman–Crippen MR) is 77.0 cm³/mol. The Balaban J connectivity index is 2.03. The molecule has 0 saturated carbocycles. The van der Waals surface area contributed by atoms with Crippen molar-refractivity contribution in [2.24, 2.45) is 5.16 Å². The molecule has 0 fully saturated rings. The molecule has 0 aliphatic heterocycles. The van der Waals surface area contributed by atoms with Gasteiger partial charge in [-0.15, -0.1) is 0 Å². The van der Waals surface area contributed by atoms with Gasteiger partial charge in [-0.25, -0.2) is 0 Å². The van der Waals surface area contributed by atoms with Crippen LogP contribution in [0.5, 0.6) is 0 Å². The molecule has 100 valence electrons. The molecule has 0 unspecified atom stereocenters. The number of ketones is 1. The van der Waals surface area contributed by atoms with Gasteiger partial charge in [0, 0.05) is 15.4 Å². The lowest BCUT2D eigenvalue weighted by Gasteiger charge is -2.02. The Bertz CT molecular complexity index is 609. The van der Waals surface area contributed by atoms with E-state index >= 15 is 0 Å². The van der Waals surface area contributed by atoms with E-state index < -0.39 is 0 Å². The first-order valence-corrected chi connectivity index (χ1v) is 6.61. The normalized spacial score (nSPS) is 10.4. The number of Topliss-reactive ketones (excluding diaryl/α,β-unsaturated/α-hetero) is 1. The molecule has 0 bridgehead atoms. The molecule has 0 radical (unpaired) electrons. The van der Waals surface area contributed by atoms with E-state index in [9.17, 15) is 9.59 Å². The van der Waals surface area contributed by atoms with Gasteiger partial charge in [0.25, 0.3) is 0 Å². The molecule has 0 amide bonds. The molecule has 0 N–H and O–H groups in total. The first-order valence-electron chi connectivity index (χ1n) is 5.80. The topological polar surface area (TPSA) is 55.7 Å². The third-order valence-electron chi connectivity index (χ3n) is 2.39. The van der Waals surface area contributed by atoms with Gasteiger partial charge in [0.05, 0.1) is 0 Å². The molecule has 0 heterocycles. The summed E-state index contributed by atoms with van der Waals surface area (Å²) in [5.74, 6) is -0.317. The van der Waals surface area contributed by atoms with Gasteiger partial charge >= 0.3 is 6.47 Å². The van der Waals surface area contributed by atoms with Crippen LogP contribution in [0.25, 0.3) is 0 Å². The highest BCUT2D eigenvalue weighted by molar-refractivity contribution is 7.99. The molecule has 0 aliphatic carbocycles. The van der Waals surface area contributed by atoms with Crippen LogP contribution in [-0.4, -0.2) is 18.5 Å². The Kier molecular flexibility index (Phi) is 5.08. The van der Waals surface area contributed by atoms with Gasteiger partial charge in [-0.2, -0.15) is 0 Å². The molecule has 0 aliphatic rings. The highest BCUT2D eigenvalue weighted by Gasteiger charge is 2.03. The van der Waals surface area contributed by atoms with Crippen molar-refractivity contribution in [2.45, 2.75) is 9.79 Å². The van der Waals surface area contributed by atoms with Crippen LogP contribution in [0.2, 0.25) is 0 Å². The van der Waals surface area contributed by atoms with Crippen molar-refractivity contribution in [2.75, 3.05) is 0 Å². The minimum absolute atomic E-state index is 0.156. The zero-order valence-corrected chi connectivity index (χ0v) is 11.2. The lowest BCUT2D eigenvalue weighted by Crippen LogP contribution is -2.00. The summed E-state index contributed by atoms with van der Waals surface area (Å²) in [4.78, 5) is 27.8. The molecule has 2 aromatic rings. The van der Waals surface area contributed by atoms with Gasteiger partial charge in [-0.1, -0.05) is 35.1 Å². The molecule has 0 saturated heterocycles. The van der Waals surface area contributed by atoms with Crippen molar-refractivity contribution in [1.29, 1.82) is 0 Å². The van der Waals surface area contributed by atoms with Gasteiger partial charge < -0.3 is 4.84 Å². The second-order valence-electron chi connectivity index (χ2n) is 3.74. The van der Waals surface area contributed by atoms with Gasteiger partial charge in [0.1, 0.15) is 6.21 Å². The summed E-state index contributed by atoms with van der Waals surface area (Å²) in [7, 11) is 0. The average molecular weight is 285 g/mol. The van der Waals surface area contributed by atoms with Crippen LogP contribution in [0.15, 0.2) is 69.5 Å². The van der Waals surface area contributed by atoms with Crippen molar-refractivity contribution in [3.8, 4) is 0 Å². The summed E-state index contributed by atoms with van der Waals surface area (Å²) in [6.07, 6.45) is 0.966. The molecule has 5 heteroatoms. The monoisotopic (exact) mass is 285 g/mol. The number of nitrogens with zero attached hydrogens (tertiary/aromatic N) is 1. The molecular weight excluding hydrogens is 274 g/mol. The molecule has 2 aromatic carbocycles. The number of carbonyl (C=O) groups is 2. The van der Waals surface area contributed by atoms with Crippen molar-refractivity contribution in [3.05, 3.63) is 60.2 Å². The molecule has 4 nitrogen and oxygen atoms in total. The van der Waals surface area contributed by atoms with E-state index in [0.29, 0.717) is 5.56 Å². The maximum absolute atomic E-state index is 11.6. The zero-order chi connectivity index (χ0) is 14.2. The van der Waals surface area contributed by atoms with E-state index in [0.717, 1.165) is 16.0 Å². The molecular formula is C15H11NO3S. The van der Waals surface area contributed by atoms with Crippen LogP contribution in [-0.2, 0) is 9.63 Å². The van der Waals surface area contributed by atoms with Crippen LogP contribution < -0.4 is 0 Å². The fourth-order valence-electron chi connectivity index (χ4n) is 1.49. The zero-order valence-electron chi connectivity index (χ0n) is 10.4. The fraction of sp³-hybridized carbons (Fsp3) is 0. The number of benzene rings is 2. The highest BCUT2D eigenvalue weighted by atomic mass is 32.2. The maximum Gasteiger partial charge on any atom is 0.323 e. The Labute approximate surface area is 120 Å². The van der Waals surface area contributed by atoms with Crippen molar-refractivity contribution in [3.63, 3.8) is 0 Å². The first-order chi connectivity index (χ1) is 9.79. The largest absolute Gasteiger partial charge is 0.323 e. The summed E-state index contributed by atoms with van der Waals surface area (Å²) in [5, 5.41) is 3.21. The Morgan fingerprint density at radius 3 is 2.30 bits per heavy atom. The summed E-state index contributed by atoms with van der Waals surface area (Å²) < 4.78 is 0. The third-order valence-corrected chi connectivity index (χ3v) is 3.41. The quantitative estimate of drug-likeness (QED) is 0.269. The van der Waals surface area contributed by atoms with E-state index in [4.69, 9.17) is 0 Å². The third kappa shape index (κ3) is 4.07. The molecule has 20 heavy (non-hydrogen) atoms. The summed E-state index contributed by atoms with van der Waals surface area (Å²) in [5.41, 5.74) is 0.487. The van der Waals surface area contributed by atoms with Crippen molar-refractivity contribution < 1.29 is 14.4 Å². The highest BCUT2D eigenvalue weighted by Crippen LogP contribution is 2.27. The van der Waals surface area contributed by atoms with Gasteiger partial charge in [0.15, 0.2) is 0 Å². The van der Waals surface area contributed by atoms with E-state index in [1.54, 1.807) is 23.9 Å². The van der Waals surface area contributed by atoms with E-state index in [1.165, 1.54) is 0 Å². The first kappa shape index (κ1) is 14.0. The minimum Gasteiger partial charge on any atom is -0.322 e. The Morgan fingerprint density at radius 1 is 1.00 bits per heavy atom. The summed E-state index contributed by atoms with van der Waals surface area (Å²) >= 11 is 1.61. The number of oxime groups is 1. The molecule has 0 atom stereocenters. The lowest BCUT2D eigenvalue weighted by molar-refractivity contribution is -0.128. The average Bonchev–Trinajstić information content (AvgIpc) is 2.49. The number of hydrogen-bond acceptors (Lipinski definition) is 5. The Morgan fingerprint density at radius 2 is 1.65 bits per heavy atom. The van der Waals surface area contributed by atoms with Crippen LogP contribution in [0.3, 0.4) is 0 Å². The molecule has 0 aromatic heterocycles. The smallest absolute Gasteiger partial charge is 0.322 e. The maximum atomic E-state index is 11.6. The SMILES string of the molecule is O=CON=CC(=O)c1ccc(Sc2ccccc2)cc1. The molecule has 2 rings (SSSR count). The van der Waals surface area contributed by atoms with Gasteiger partial charge in [0.2, 0.25) is 5.78 Å². The number of rotatable bonds is 6. The number of carbonyl (C=O) groups excluding carboxylic acids is 2.